The van der Waals surface area contributed by atoms with Gasteiger partial charge in [0.25, 0.3) is 0 Å². The molecule has 0 bridgehead atoms. The van der Waals surface area contributed by atoms with Crippen LogP contribution in [0.2, 0.25) is 0 Å². The molecular weight excluding hydrogens is 312 g/mol. The second-order valence-corrected chi connectivity index (χ2v) is 7.65. The molecule has 3 heterocycles. The van der Waals surface area contributed by atoms with E-state index in [1.54, 1.807) is 0 Å². The zero-order valence-electron chi connectivity index (χ0n) is 15.8. The normalized spacial score (nSPS) is 20.8. The number of amides is 1. The highest BCUT2D eigenvalue weighted by atomic mass is 16.2. The van der Waals surface area contributed by atoms with Gasteiger partial charge in [-0.2, -0.15) is 0 Å². The van der Waals surface area contributed by atoms with E-state index in [-0.39, 0.29) is 0 Å². The van der Waals surface area contributed by atoms with Crippen molar-refractivity contribution in [2.45, 2.75) is 58.3 Å². The largest absolute Gasteiger partial charge is 0.343 e. The quantitative estimate of drug-likeness (QED) is 0.824. The van der Waals surface area contributed by atoms with Gasteiger partial charge in [-0.15, -0.1) is 0 Å². The highest BCUT2D eigenvalue weighted by Gasteiger charge is 2.24. The Balaban J connectivity index is 1.36. The van der Waals surface area contributed by atoms with E-state index in [9.17, 15) is 4.79 Å². The predicted molar refractivity (Wildman–Crippen MR) is 99.4 cm³/mol. The van der Waals surface area contributed by atoms with Gasteiger partial charge in [-0.25, -0.2) is 9.97 Å². The molecule has 25 heavy (non-hydrogen) atoms. The van der Waals surface area contributed by atoms with Crippen molar-refractivity contribution in [2.75, 3.05) is 32.7 Å². The number of piperidine rings is 2. The minimum absolute atomic E-state index is 0.320. The Morgan fingerprint density at radius 1 is 1.08 bits per heavy atom. The fraction of sp³-hybridized carbons (Fsp3) is 0.750. The van der Waals surface area contributed by atoms with Crippen LogP contribution in [-0.4, -0.2) is 58.4 Å². The van der Waals surface area contributed by atoms with Crippen LogP contribution in [0.3, 0.4) is 0 Å². The van der Waals surface area contributed by atoms with Crippen molar-refractivity contribution in [1.82, 2.24) is 19.8 Å². The molecule has 0 spiro atoms. The lowest BCUT2D eigenvalue weighted by Gasteiger charge is -2.35. The Hall–Kier alpha value is -1.49. The van der Waals surface area contributed by atoms with Crippen molar-refractivity contribution in [2.24, 2.45) is 5.92 Å². The zero-order valence-corrected chi connectivity index (χ0v) is 15.8. The lowest BCUT2D eigenvalue weighted by atomic mass is 9.90. The van der Waals surface area contributed by atoms with E-state index in [2.05, 4.69) is 14.9 Å². The Morgan fingerprint density at radius 2 is 1.72 bits per heavy atom. The second-order valence-electron chi connectivity index (χ2n) is 7.65. The molecule has 5 heteroatoms. The van der Waals surface area contributed by atoms with Crippen molar-refractivity contribution >= 4 is 5.91 Å². The van der Waals surface area contributed by atoms with Gasteiger partial charge in [0.2, 0.25) is 5.91 Å². The Bertz CT molecular complexity index is 543. The number of aromatic nitrogens is 2. The first kappa shape index (κ1) is 18.3. The highest BCUT2D eigenvalue weighted by Crippen LogP contribution is 2.28. The molecule has 2 saturated heterocycles. The van der Waals surface area contributed by atoms with Crippen LogP contribution in [0.15, 0.2) is 12.4 Å². The highest BCUT2D eigenvalue weighted by molar-refractivity contribution is 5.75. The average Bonchev–Trinajstić information content (AvgIpc) is 2.67. The third-order valence-corrected chi connectivity index (χ3v) is 5.98. The summed E-state index contributed by atoms with van der Waals surface area (Å²) in [4.78, 5) is 25.1. The molecule has 1 amide bonds. The van der Waals surface area contributed by atoms with Crippen LogP contribution < -0.4 is 0 Å². The van der Waals surface area contributed by atoms with Crippen molar-refractivity contribution in [3.05, 3.63) is 23.8 Å². The first-order valence-corrected chi connectivity index (χ1v) is 9.94. The summed E-state index contributed by atoms with van der Waals surface area (Å²) in [5.74, 6) is 2.60. The second kappa shape index (κ2) is 8.75. The number of hydrogen-bond donors (Lipinski definition) is 0. The number of likely N-dealkylation sites (tertiary alicyclic amines) is 2. The molecule has 138 valence electrons. The summed E-state index contributed by atoms with van der Waals surface area (Å²) in [6.45, 7) is 9.41. The topological polar surface area (TPSA) is 49.3 Å². The third-order valence-electron chi connectivity index (χ3n) is 5.98. The van der Waals surface area contributed by atoms with Gasteiger partial charge in [0.15, 0.2) is 0 Å². The lowest BCUT2D eigenvalue weighted by molar-refractivity contribution is -0.132. The summed E-state index contributed by atoms with van der Waals surface area (Å²) >= 11 is 0. The van der Waals surface area contributed by atoms with Crippen molar-refractivity contribution in [3.8, 4) is 0 Å². The number of aryl methyl sites for hydroxylation is 1. The Labute approximate surface area is 151 Å². The molecule has 0 aliphatic carbocycles. The van der Waals surface area contributed by atoms with Crippen LogP contribution in [0.1, 0.15) is 62.8 Å². The first-order valence-electron chi connectivity index (χ1n) is 9.94. The lowest BCUT2D eigenvalue weighted by Crippen LogP contribution is -2.39. The number of carbonyl (C=O) groups is 1. The Kier molecular flexibility index (Phi) is 6.40. The number of hydrogen-bond acceptors (Lipinski definition) is 4. The first-order chi connectivity index (χ1) is 12.2. The van der Waals surface area contributed by atoms with E-state index in [4.69, 9.17) is 0 Å². The summed E-state index contributed by atoms with van der Waals surface area (Å²) in [7, 11) is 0. The van der Waals surface area contributed by atoms with Gasteiger partial charge in [-0.05, 0) is 76.1 Å². The minimum Gasteiger partial charge on any atom is -0.343 e. The van der Waals surface area contributed by atoms with E-state index in [0.717, 1.165) is 24.8 Å². The van der Waals surface area contributed by atoms with E-state index in [1.165, 1.54) is 57.3 Å². The Morgan fingerprint density at radius 3 is 2.32 bits per heavy atom. The summed E-state index contributed by atoms with van der Waals surface area (Å²) in [5.41, 5.74) is 1.30. The fourth-order valence-corrected chi connectivity index (χ4v) is 4.16. The van der Waals surface area contributed by atoms with E-state index >= 15 is 0 Å². The standard InChI is InChI=1S/C20H32N4O/c1-3-20(25)24-12-5-17(6-13-24)4-9-23-10-7-18(8-11-23)19-14-21-16(2)22-15-19/h14-15,17-18H,3-13H2,1-2H3. The van der Waals surface area contributed by atoms with Crippen LogP contribution in [-0.2, 0) is 4.79 Å². The fourth-order valence-electron chi connectivity index (χ4n) is 4.16. The molecule has 0 aromatic carbocycles. The molecule has 0 radical (unpaired) electrons. The predicted octanol–water partition coefficient (Wildman–Crippen LogP) is 3.00. The molecule has 0 unspecified atom stereocenters. The molecule has 1 aromatic rings. The van der Waals surface area contributed by atoms with Gasteiger partial charge in [0.05, 0.1) is 0 Å². The average molecular weight is 345 g/mol. The smallest absolute Gasteiger partial charge is 0.222 e. The minimum atomic E-state index is 0.320. The monoisotopic (exact) mass is 344 g/mol. The van der Waals surface area contributed by atoms with Gasteiger partial charge in [0.1, 0.15) is 5.82 Å². The van der Waals surface area contributed by atoms with Crippen LogP contribution in [0.5, 0.6) is 0 Å². The van der Waals surface area contributed by atoms with Gasteiger partial charge >= 0.3 is 0 Å². The zero-order chi connectivity index (χ0) is 17.6. The van der Waals surface area contributed by atoms with Gasteiger partial charge in [-0.3, -0.25) is 4.79 Å². The van der Waals surface area contributed by atoms with Crippen LogP contribution in [0, 0.1) is 12.8 Å². The number of rotatable bonds is 5. The molecule has 1 aromatic heterocycles. The molecule has 0 atom stereocenters. The molecule has 2 aliphatic heterocycles. The SMILES string of the molecule is CCC(=O)N1CCC(CCN2CCC(c3cnc(C)nc3)CC2)CC1. The van der Waals surface area contributed by atoms with E-state index < -0.39 is 0 Å². The summed E-state index contributed by atoms with van der Waals surface area (Å²) in [5, 5.41) is 0. The summed E-state index contributed by atoms with van der Waals surface area (Å²) in [6, 6.07) is 0. The van der Waals surface area contributed by atoms with E-state index in [1.807, 2.05) is 31.1 Å². The van der Waals surface area contributed by atoms with Crippen LogP contribution in [0.4, 0.5) is 0 Å². The molecule has 5 nitrogen and oxygen atoms in total. The van der Waals surface area contributed by atoms with Crippen LogP contribution in [0.25, 0.3) is 0 Å². The number of carbonyl (C=O) groups excluding carboxylic acids is 1. The molecule has 2 aliphatic rings. The molecule has 2 fully saturated rings. The summed E-state index contributed by atoms with van der Waals surface area (Å²) < 4.78 is 0. The third kappa shape index (κ3) is 5.00. The van der Waals surface area contributed by atoms with Crippen molar-refractivity contribution in [1.29, 1.82) is 0 Å². The van der Waals surface area contributed by atoms with E-state index in [0.29, 0.717) is 18.2 Å². The maximum Gasteiger partial charge on any atom is 0.222 e. The van der Waals surface area contributed by atoms with Crippen molar-refractivity contribution < 1.29 is 4.79 Å². The molecule has 3 rings (SSSR count). The number of nitrogens with zero attached hydrogens (tertiary/aromatic N) is 4. The van der Waals surface area contributed by atoms with Gasteiger partial charge < -0.3 is 9.80 Å². The molecular formula is C20H32N4O. The molecule has 0 saturated carbocycles. The maximum atomic E-state index is 11.8. The van der Waals surface area contributed by atoms with Gasteiger partial charge in [-0.1, -0.05) is 6.92 Å². The van der Waals surface area contributed by atoms with Crippen LogP contribution >= 0.6 is 0 Å². The van der Waals surface area contributed by atoms with Crippen molar-refractivity contribution in [3.63, 3.8) is 0 Å². The maximum absolute atomic E-state index is 11.8. The molecule has 0 N–H and O–H groups in total. The summed E-state index contributed by atoms with van der Waals surface area (Å²) in [6.07, 6.45) is 10.7. The van der Waals surface area contributed by atoms with Gasteiger partial charge in [0, 0.05) is 31.9 Å².